The Kier molecular flexibility index (Phi) is 6.39. The van der Waals surface area contributed by atoms with Gasteiger partial charge in [-0.15, -0.1) is 0 Å². The summed E-state index contributed by atoms with van der Waals surface area (Å²) in [6.07, 6.45) is -12.0. The van der Waals surface area contributed by atoms with Crippen molar-refractivity contribution in [1.29, 1.82) is 0 Å². The van der Waals surface area contributed by atoms with Gasteiger partial charge in [-0.3, -0.25) is 9.48 Å². The average molecular weight is 461 g/mol. The van der Waals surface area contributed by atoms with Crippen molar-refractivity contribution in [3.05, 3.63) is 46.5 Å². The minimum atomic E-state index is -6.38. The normalized spacial score (nSPS) is 12.9. The fraction of sp³-hybridized carbons (Fsp3) is 0.444. The number of nitrogens with zero attached hydrogens (tertiary/aromatic N) is 3. The van der Waals surface area contributed by atoms with Gasteiger partial charge in [0.05, 0.1) is 0 Å². The van der Waals surface area contributed by atoms with Gasteiger partial charge in [-0.2, -0.15) is 40.2 Å². The van der Waals surface area contributed by atoms with Gasteiger partial charge in [0.25, 0.3) is 5.91 Å². The van der Waals surface area contributed by atoms with Crippen LogP contribution in [0.1, 0.15) is 41.2 Å². The number of aromatic nitrogens is 2. The van der Waals surface area contributed by atoms with E-state index < -0.39 is 47.0 Å². The Morgan fingerprint density at radius 2 is 1.65 bits per heavy atom. The first kappa shape index (κ1) is 24.5. The number of carbonyl (C=O) groups excluding carboxylic acids is 1. The Balaban J connectivity index is 2.73. The van der Waals surface area contributed by atoms with Crippen molar-refractivity contribution in [1.82, 2.24) is 9.78 Å². The molecule has 172 valence electrons. The van der Waals surface area contributed by atoms with Gasteiger partial charge in [-0.05, 0) is 37.1 Å². The second kappa shape index (κ2) is 8.08. The SMILES string of the molecule is CCc1cc(N(CC)C(=O)c2c(C(F)(F)F)c(C(F)(F)C(F)(F)F)nn2C)ccc1F. The average Bonchev–Trinajstić information content (AvgIpc) is 3.00. The lowest BCUT2D eigenvalue weighted by Gasteiger charge is -2.23. The quantitative estimate of drug-likeness (QED) is 0.555. The maximum absolute atomic E-state index is 13.8. The number of carbonyl (C=O) groups is 1. The molecule has 0 aliphatic heterocycles. The first-order valence-electron chi connectivity index (χ1n) is 8.77. The maximum Gasteiger partial charge on any atom is 0.459 e. The first-order chi connectivity index (χ1) is 14.1. The number of hydrogen-bond acceptors (Lipinski definition) is 2. The zero-order valence-corrected chi connectivity index (χ0v) is 16.3. The lowest BCUT2D eigenvalue weighted by atomic mass is 10.1. The number of benzene rings is 1. The van der Waals surface area contributed by atoms with Crippen molar-refractivity contribution in [2.24, 2.45) is 7.05 Å². The van der Waals surface area contributed by atoms with E-state index in [1.165, 1.54) is 13.0 Å². The summed E-state index contributed by atoms with van der Waals surface area (Å²) in [5.74, 6) is -8.13. The van der Waals surface area contributed by atoms with Crippen LogP contribution in [-0.2, 0) is 25.6 Å². The smallest absolute Gasteiger partial charge is 0.307 e. The Labute approximate surface area is 170 Å². The second-order valence-corrected chi connectivity index (χ2v) is 6.44. The Morgan fingerprint density at radius 3 is 2.10 bits per heavy atom. The van der Waals surface area contributed by atoms with Gasteiger partial charge in [0.1, 0.15) is 17.1 Å². The molecular weight excluding hydrogens is 445 g/mol. The van der Waals surface area contributed by atoms with E-state index in [1.54, 1.807) is 6.92 Å². The molecule has 0 atom stereocenters. The summed E-state index contributed by atoms with van der Waals surface area (Å²) in [5.41, 5.74) is -6.56. The van der Waals surface area contributed by atoms with Crippen molar-refractivity contribution in [2.45, 2.75) is 38.5 Å². The van der Waals surface area contributed by atoms with E-state index in [0.29, 0.717) is 11.9 Å². The molecule has 0 spiro atoms. The molecule has 2 rings (SSSR count). The van der Waals surface area contributed by atoms with Crippen LogP contribution in [0.4, 0.5) is 45.2 Å². The summed E-state index contributed by atoms with van der Waals surface area (Å²) < 4.78 is 120. The number of hydrogen-bond donors (Lipinski definition) is 0. The third-order valence-electron chi connectivity index (χ3n) is 4.47. The minimum Gasteiger partial charge on any atom is -0.307 e. The number of aryl methyl sites for hydroxylation is 2. The van der Waals surface area contributed by atoms with Crippen LogP contribution < -0.4 is 4.90 Å². The molecule has 2 aromatic rings. The monoisotopic (exact) mass is 461 g/mol. The van der Waals surface area contributed by atoms with E-state index in [4.69, 9.17) is 0 Å². The summed E-state index contributed by atoms with van der Waals surface area (Å²) in [7, 11) is 0.647. The number of halogens is 9. The fourth-order valence-corrected chi connectivity index (χ4v) is 2.96. The summed E-state index contributed by atoms with van der Waals surface area (Å²) >= 11 is 0. The minimum absolute atomic E-state index is 0.0348. The topological polar surface area (TPSA) is 38.1 Å². The van der Waals surface area contributed by atoms with Crippen LogP contribution >= 0.6 is 0 Å². The molecule has 4 nitrogen and oxygen atoms in total. The summed E-state index contributed by atoms with van der Waals surface area (Å²) in [5, 5.41) is 2.71. The predicted octanol–water partition coefficient (Wildman–Crippen LogP) is 5.46. The zero-order chi connectivity index (χ0) is 23.9. The standard InChI is InChI=1S/C18H16F9N3O/c1-4-9-8-10(6-7-11(9)19)30(5-2)15(31)13-12(17(22,23)24)14(28-29(13)3)16(20,21)18(25,26)27/h6-8H,4-5H2,1-3H3. The molecule has 1 aromatic carbocycles. The third-order valence-corrected chi connectivity index (χ3v) is 4.47. The van der Waals surface area contributed by atoms with E-state index in [-0.39, 0.29) is 28.9 Å². The Morgan fingerprint density at radius 1 is 1.06 bits per heavy atom. The summed E-state index contributed by atoms with van der Waals surface area (Å²) in [6.45, 7) is 2.62. The van der Waals surface area contributed by atoms with E-state index in [9.17, 15) is 44.3 Å². The molecule has 1 amide bonds. The van der Waals surface area contributed by atoms with Crippen molar-refractivity contribution >= 4 is 11.6 Å². The molecule has 31 heavy (non-hydrogen) atoms. The highest BCUT2D eigenvalue weighted by molar-refractivity contribution is 6.06. The van der Waals surface area contributed by atoms with Gasteiger partial charge in [-0.25, -0.2) is 4.39 Å². The maximum atomic E-state index is 13.8. The molecule has 0 unspecified atom stereocenters. The van der Waals surface area contributed by atoms with Gasteiger partial charge in [0.2, 0.25) is 0 Å². The Hall–Kier alpha value is -2.73. The molecule has 0 saturated heterocycles. The number of alkyl halides is 8. The molecule has 0 bridgehead atoms. The van der Waals surface area contributed by atoms with Gasteiger partial charge < -0.3 is 4.90 Å². The number of rotatable bonds is 5. The van der Waals surface area contributed by atoms with Crippen molar-refractivity contribution in [2.75, 3.05) is 11.4 Å². The lowest BCUT2D eigenvalue weighted by Crippen LogP contribution is -2.37. The molecular formula is C18H16F9N3O. The number of amides is 1. The van der Waals surface area contributed by atoms with Crippen molar-refractivity contribution in [3.8, 4) is 0 Å². The van der Waals surface area contributed by atoms with Crippen molar-refractivity contribution in [3.63, 3.8) is 0 Å². The van der Waals surface area contributed by atoms with Crippen LogP contribution in [0.15, 0.2) is 18.2 Å². The molecule has 0 aliphatic rings. The molecule has 13 heteroatoms. The van der Waals surface area contributed by atoms with Crippen LogP contribution in [0.2, 0.25) is 0 Å². The van der Waals surface area contributed by atoms with Crippen LogP contribution in [0.3, 0.4) is 0 Å². The van der Waals surface area contributed by atoms with Crippen LogP contribution in [0, 0.1) is 5.82 Å². The zero-order valence-electron chi connectivity index (χ0n) is 16.3. The van der Waals surface area contributed by atoms with Gasteiger partial charge >= 0.3 is 18.3 Å². The third kappa shape index (κ3) is 4.35. The van der Waals surface area contributed by atoms with Gasteiger partial charge in [0.15, 0.2) is 5.69 Å². The molecule has 0 saturated carbocycles. The van der Waals surface area contributed by atoms with E-state index in [0.717, 1.165) is 12.1 Å². The highest BCUT2D eigenvalue weighted by Crippen LogP contribution is 2.48. The molecule has 1 aromatic heterocycles. The van der Waals surface area contributed by atoms with Crippen LogP contribution in [0.25, 0.3) is 0 Å². The van der Waals surface area contributed by atoms with E-state index in [2.05, 4.69) is 5.10 Å². The van der Waals surface area contributed by atoms with Crippen LogP contribution in [0.5, 0.6) is 0 Å². The molecule has 0 fully saturated rings. The Bertz CT molecular complexity index is 977. The van der Waals surface area contributed by atoms with Gasteiger partial charge in [0, 0.05) is 19.3 Å². The lowest BCUT2D eigenvalue weighted by molar-refractivity contribution is -0.292. The molecule has 1 heterocycles. The first-order valence-corrected chi connectivity index (χ1v) is 8.77. The highest BCUT2D eigenvalue weighted by Gasteiger charge is 2.64. The predicted molar refractivity (Wildman–Crippen MR) is 91.3 cm³/mol. The van der Waals surface area contributed by atoms with Crippen molar-refractivity contribution < 1.29 is 44.3 Å². The fourth-order valence-electron chi connectivity index (χ4n) is 2.96. The van der Waals surface area contributed by atoms with Crippen LogP contribution in [-0.4, -0.2) is 28.4 Å². The summed E-state index contributed by atoms with van der Waals surface area (Å²) in [4.78, 5) is 13.6. The summed E-state index contributed by atoms with van der Waals surface area (Å²) in [6, 6.07) is 3.21. The van der Waals surface area contributed by atoms with E-state index in [1.807, 2.05) is 0 Å². The largest absolute Gasteiger partial charge is 0.459 e. The molecule has 0 N–H and O–H groups in total. The van der Waals surface area contributed by atoms with Gasteiger partial charge in [-0.1, -0.05) is 6.92 Å². The molecule has 0 aliphatic carbocycles. The molecule has 0 radical (unpaired) electrons. The van der Waals surface area contributed by atoms with E-state index >= 15 is 0 Å². The highest BCUT2D eigenvalue weighted by atomic mass is 19.4. The number of anilines is 1. The second-order valence-electron chi connectivity index (χ2n) is 6.44.